The number of quaternary nitrogens is 1. The number of nitrogens with two attached hydrogens (primary N) is 1. The Kier molecular flexibility index (Phi) is 7.17. The number of carbonyl (C=O) groups excluding carboxylic acids is 2. The first-order valence-corrected chi connectivity index (χ1v) is 9.02. The van der Waals surface area contributed by atoms with Crippen LogP contribution in [0.4, 0.5) is 5.69 Å². The van der Waals surface area contributed by atoms with Crippen LogP contribution in [0.2, 0.25) is 0 Å². The van der Waals surface area contributed by atoms with E-state index in [1.165, 1.54) is 0 Å². The topological polar surface area (TPSA) is 84.0 Å². The smallest absolute Gasteiger partial charge is 0.279 e. The highest BCUT2D eigenvalue weighted by Crippen LogP contribution is 2.27. The Morgan fingerprint density at radius 3 is 2.46 bits per heavy atom. The Balaban J connectivity index is 1.88. The Labute approximate surface area is 161 Å². The third-order valence-corrected chi connectivity index (χ3v) is 4.64. The van der Waals surface area contributed by atoms with Gasteiger partial charge in [0.2, 0.25) is 0 Å². The fourth-order valence-electron chi connectivity index (χ4n) is 2.45. The van der Waals surface area contributed by atoms with Crippen LogP contribution in [0.15, 0.2) is 46.9 Å². The standard InChI is InChI=1S/C19H22BrN3O3/c1-12(14-6-9-17(26-3)16(20)10-14)22-11-18(24)23-15-7-4-13(5-8-15)19(25)21-2/h4-10,12,22H,11H2,1-3H3,(H,21,25)(H,23,24)/p+1/t12-/m0/s1. The lowest BCUT2D eigenvalue weighted by atomic mass is 10.1. The lowest BCUT2D eigenvalue weighted by Gasteiger charge is -2.13. The zero-order valence-electron chi connectivity index (χ0n) is 15.0. The van der Waals surface area contributed by atoms with Crippen molar-refractivity contribution in [2.45, 2.75) is 13.0 Å². The second-order valence-electron chi connectivity index (χ2n) is 5.83. The summed E-state index contributed by atoms with van der Waals surface area (Å²) in [5.41, 5.74) is 2.31. The average molecular weight is 421 g/mol. The maximum absolute atomic E-state index is 12.1. The molecule has 0 aliphatic heterocycles. The third-order valence-electron chi connectivity index (χ3n) is 4.02. The SMILES string of the molecule is CNC(=O)c1ccc(NC(=O)C[NH2+][C@@H](C)c2ccc(OC)c(Br)c2)cc1. The molecule has 0 aliphatic rings. The van der Waals surface area contributed by atoms with Gasteiger partial charge in [0, 0.05) is 23.9 Å². The average Bonchev–Trinajstić information content (AvgIpc) is 2.66. The fourth-order valence-corrected chi connectivity index (χ4v) is 3.01. The Morgan fingerprint density at radius 1 is 1.19 bits per heavy atom. The van der Waals surface area contributed by atoms with E-state index in [1.807, 2.05) is 30.4 Å². The first kappa shape index (κ1) is 19.9. The van der Waals surface area contributed by atoms with E-state index >= 15 is 0 Å². The monoisotopic (exact) mass is 420 g/mol. The fraction of sp³-hybridized carbons (Fsp3) is 0.263. The molecule has 0 heterocycles. The van der Waals surface area contributed by atoms with Gasteiger partial charge in [0.05, 0.1) is 11.6 Å². The van der Waals surface area contributed by atoms with Gasteiger partial charge in [-0.05, 0) is 65.3 Å². The molecule has 0 saturated heterocycles. The zero-order valence-corrected chi connectivity index (χ0v) is 16.6. The minimum Gasteiger partial charge on any atom is -0.496 e. The summed E-state index contributed by atoms with van der Waals surface area (Å²) in [7, 11) is 3.21. The van der Waals surface area contributed by atoms with Gasteiger partial charge in [0.15, 0.2) is 6.54 Å². The van der Waals surface area contributed by atoms with Crippen molar-refractivity contribution in [3.8, 4) is 5.75 Å². The second-order valence-corrected chi connectivity index (χ2v) is 6.68. The van der Waals surface area contributed by atoms with Crippen LogP contribution >= 0.6 is 15.9 Å². The summed E-state index contributed by atoms with van der Waals surface area (Å²) in [6.45, 7) is 2.34. The first-order valence-electron chi connectivity index (χ1n) is 8.23. The molecule has 2 amide bonds. The van der Waals surface area contributed by atoms with Crippen molar-refractivity contribution in [1.82, 2.24) is 5.32 Å². The van der Waals surface area contributed by atoms with E-state index in [0.29, 0.717) is 17.8 Å². The summed E-state index contributed by atoms with van der Waals surface area (Å²) in [6, 6.07) is 12.8. The Bertz CT molecular complexity index is 778. The van der Waals surface area contributed by atoms with E-state index in [9.17, 15) is 9.59 Å². The van der Waals surface area contributed by atoms with Crippen LogP contribution in [0.1, 0.15) is 28.9 Å². The number of nitrogens with one attached hydrogen (secondary N) is 2. The van der Waals surface area contributed by atoms with Crippen LogP contribution < -0.4 is 20.7 Å². The molecule has 0 unspecified atom stereocenters. The molecule has 2 aromatic rings. The molecule has 0 bridgehead atoms. The van der Waals surface area contributed by atoms with Crippen molar-refractivity contribution >= 4 is 33.4 Å². The van der Waals surface area contributed by atoms with Gasteiger partial charge in [-0.1, -0.05) is 0 Å². The van der Waals surface area contributed by atoms with Gasteiger partial charge in [0.25, 0.3) is 11.8 Å². The van der Waals surface area contributed by atoms with Crippen LogP contribution in [-0.2, 0) is 4.79 Å². The van der Waals surface area contributed by atoms with Gasteiger partial charge >= 0.3 is 0 Å². The van der Waals surface area contributed by atoms with Crippen molar-refractivity contribution in [3.05, 3.63) is 58.1 Å². The molecule has 0 radical (unpaired) electrons. The number of ether oxygens (including phenoxy) is 1. The molecule has 2 aromatic carbocycles. The molecule has 7 heteroatoms. The molecule has 0 aromatic heterocycles. The highest BCUT2D eigenvalue weighted by Gasteiger charge is 2.13. The van der Waals surface area contributed by atoms with Gasteiger partial charge in [-0.25, -0.2) is 0 Å². The Hall–Kier alpha value is -2.38. The molecule has 0 saturated carbocycles. The number of hydrogen-bond donors (Lipinski definition) is 3. The van der Waals surface area contributed by atoms with Crippen LogP contribution in [-0.4, -0.2) is 32.5 Å². The van der Waals surface area contributed by atoms with Gasteiger partial charge in [-0.3, -0.25) is 9.59 Å². The highest BCUT2D eigenvalue weighted by molar-refractivity contribution is 9.10. The zero-order chi connectivity index (χ0) is 19.1. The number of benzene rings is 2. The molecule has 0 spiro atoms. The number of amides is 2. The van der Waals surface area contributed by atoms with Gasteiger partial charge in [0.1, 0.15) is 11.8 Å². The number of rotatable bonds is 7. The predicted molar refractivity (Wildman–Crippen MR) is 104 cm³/mol. The largest absolute Gasteiger partial charge is 0.496 e. The number of halogens is 1. The van der Waals surface area contributed by atoms with Gasteiger partial charge in [-0.15, -0.1) is 0 Å². The molecule has 26 heavy (non-hydrogen) atoms. The second kappa shape index (κ2) is 9.35. The van der Waals surface area contributed by atoms with E-state index in [1.54, 1.807) is 38.4 Å². The minimum absolute atomic E-state index is 0.0999. The van der Waals surface area contributed by atoms with Crippen molar-refractivity contribution in [2.75, 3.05) is 26.0 Å². The lowest BCUT2D eigenvalue weighted by molar-refractivity contribution is -0.682. The molecular formula is C19H23BrN3O3+. The lowest BCUT2D eigenvalue weighted by Crippen LogP contribution is -2.86. The van der Waals surface area contributed by atoms with E-state index in [0.717, 1.165) is 15.8 Å². The van der Waals surface area contributed by atoms with Gasteiger partial charge < -0.3 is 20.7 Å². The van der Waals surface area contributed by atoms with E-state index < -0.39 is 0 Å². The first-order chi connectivity index (χ1) is 12.4. The summed E-state index contributed by atoms with van der Waals surface area (Å²) >= 11 is 3.47. The minimum atomic E-state index is -0.157. The van der Waals surface area contributed by atoms with Crippen molar-refractivity contribution in [1.29, 1.82) is 0 Å². The van der Waals surface area contributed by atoms with Gasteiger partial charge in [-0.2, -0.15) is 0 Å². The summed E-state index contributed by atoms with van der Waals surface area (Å²) in [4.78, 5) is 23.6. The third kappa shape index (κ3) is 5.31. The number of methoxy groups -OCH3 is 1. The summed E-state index contributed by atoms with van der Waals surface area (Å²) in [6.07, 6.45) is 0. The van der Waals surface area contributed by atoms with E-state index in [-0.39, 0.29) is 17.9 Å². The molecule has 0 fully saturated rings. The summed E-state index contributed by atoms with van der Waals surface area (Å²) < 4.78 is 6.12. The van der Waals surface area contributed by atoms with Crippen LogP contribution in [0.25, 0.3) is 0 Å². The van der Waals surface area contributed by atoms with E-state index in [4.69, 9.17) is 4.74 Å². The van der Waals surface area contributed by atoms with Crippen molar-refractivity contribution in [3.63, 3.8) is 0 Å². The molecule has 4 N–H and O–H groups in total. The van der Waals surface area contributed by atoms with Crippen LogP contribution in [0.3, 0.4) is 0 Å². The normalized spacial score (nSPS) is 11.5. The van der Waals surface area contributed by atoms with Crippen molar-refractivity contribution in [2.24, 2.45) is 0 Å². The maximum atomic E-state index is 12.1. The molecule has 6 nitrogen and oxygen atoms in total. The Morgan fingerprint density at radius 2 is 1.88 bits per heavy atom. The van der Waals surface area contributed by atoms with Crippen molar-refractivity contribution < 1.29 is 19.6 Å². The predicted octanol–water partition coefficient (Wildman–Crippen LogP) is 2.08. The summed E-state index contributed by atoms with van der Waals surface area (Å²) in [5.74, 6) is 0.520. The quantitative estimate of drug-likeness (QED) is 0.640. The number of hydrogen-bond acceptors (Lipinski definition) is 3. The van der Waals surface area contributed by atoms with Crippen LogP contribution in [0.5, 0.6) is 5.75 Å². The molecule has 138 valence electrons. The number of anilines is 1. The molecule has 0 aliphatic carbocycles. The highest BCUT2D eigenvalue weighted by atomic mass is 79.9. The van der Waals surface area contributed by atoms with Crippen LogP contribution in [0, 0.1) is 0 Å². The summed E-state index contributed by atoms with van der Waals surface area (Å²) in [5, 5.41) is 7.35. The molecule has 1 atom stereocenters. The maximum Gasteiger partial charge on any atom is 0.279 e. The number of carbonyl (C=O) groups is 2. The van der Waals surface area contributed by atoms with E-state index in [2.05, 4.69) is 26.6 Å². The molecular weight excluding hydrogens is 398 g/mol. The molecule has 2 rings (SSSR count).